The Labute approximate surface area is 156 Å². The van der Waals surface area contributed by atoms with Gasteiger partial charge in [0.2, 0.25) is 5.88 Å². The van der Waals surface area contributed by atoms with Gasteiger partial charge in [0.05, 0.1) is 29.7 Å². The number of nitrogens with one attached hydrogen (secondary N) is 1. The molecule has 3 aromatic heterocycles. The fourth-order valence-corrected chi connectivity index (χ4v) is 3.48. The van der Waals surface area contributed by atoms with Crippen molar-refractivity contribution in [1.29, 1.82) is 0 Å². The molecule has 8 nitrogen and oxygen atoms in total. The molecule has 4 heterocycles. The van der Waals surface area contributed by atoms with E-state index < -0.39 is 0 Å². The molecule has 3 aromatic rings. The van der Waals surface area contributed by atoms with Crippen molar-refractivity contribution >= 4 is 17.0 Å². The Kier molecular flexibility index (Phi) is 4.57. The van der Waals surface area contributed by atoms with Gasteiger partial charge in [-0.2, -0.15) is 5.10 Å². The minimum atomic E-state index is -0.187. The summed E-state index contributed by atoms with van der Waals surface area (Å²) in [6.07, 6.45) is 6.46. The van der Waals surface area contributed by atoms with Crippen molar-refractivity contribution in [3.8, 4) is 17.1 Å². The lowest BCUT2D eigenvalue weighted by Crippen LogP contribution is -2.19. The van der Waals surface area contributed by atoms with Crippen LogP contribution in [0.2, 0.25) is 0 Å². The Morgan fingerprint density at radius 1 is 1.48 bits per heavy atom. The zero-order chi connectivity index (χ0) is 19.0. The number of hydrogen-bond acceptors (Lipinski definition) is 5. The van der Waals surface area contributed by atoms with E-state index in [1.54, 1.807) is 19.3 Å². The summed E-state index contributed by atoms with van der Waals surface area (Å²) in [5.74, 6) is 0.417. The monoisotopic (exact) mass is 369 g/mol. The topological polar surface area (TPSA) is 87.0 Å². The van der Waals surface area contributed by atoms with Gasteiger partial charge in [-0.25, -0.2) is 4.68 Å². The number of fused-ring (bicyclic) bond motifs is 1. The summed E-state index contributed by atoms with van der Waals surface area (Å²) < 4.78 is 14.7. The second kappa shape index (κ2) is 7.03. The van der Waals surface area contributed by atoms with E-state index in [0.717, 1.165) is 42.5 Å². The molecule has 8 heteroatoms. The Hall–Kier alpha value is -2.87. The van der Waals surface area contributed by atoms with E-state index in [1.807, 2.05) is 17.7 Å². The van der Waals surface area contributed by atoms with Crippen molar-refractivity contribution in [3.63, 3.8) is 0 Å². The highest BCUT2D eigenvalue weighted by Gasteiger charge is 2.23. The van der Waals surface area contributed by atoms with E-state index in [0.29, 0.717) is 23.7 Å². The van der Waals surface area contributed by atoms with Crippen molar-refractivity contribution in [2.24, 2.45) is 7.05 Å². The van der Waals surface area contributed by atoms with Crippen LogP contribution in [0.25, 0.3) is 28.2 Å². The molecule has 1 saturated heterocycles. The third-order valence-electron chi connectivity index (χ3n) is 4.80. The molecule has 0 spiro atoms. The average Bonchev–Trinajstić information content (AvgIpc) is 3.19. The summed E-state index contributed by atoms with van der Waals surface area (Å²) in [6.45, 7) is 6.93. The molecule has 4 rings (SSSR count). The Balaban J connectivity index is 1.86. The van der Waals surface area contributed by atoms with Crippen LogP contribution >= 0.6 is 0 Å². The van der Waals surface area contributed by atoms with Gasteiger partial charge in [0.15, 0.2) is 6.23 Å². The van der Waals surface area contributed by atoms with Gasteiger partial charge < -0.3 is 9.47 Å². The number of hydrogen-bond donors (Lipinski definition) is 1. The smallest absolute Gasteiger partial charge is 0.279 e. The first kappa shape index (κ1) is 17.5. The van der Waals surface area contributed by atoms with Crippen LogP contribution in [0.5, 0.6) is 5.88 Å². The van der Waals surface area contributed by atoms with E-state index in [1.165, 1.54) is 4.68 Å². The molecule has 142 valence electrons. The molecule has 0 radical (unpaired) electrons. The number of ether oxygens (including phenoxy) is 2. The van der Waals surface area contributed by atoms with Gasteiger partial charge in [-0.3, -0.25) is 19.6 Å². The summed E-state index contributed by atoms with van der Waals surface area (Å²) in [5.41, 5.74) is 2.38. The summed E-state index contributed by atoms with van der Waals surface area (Å²) in [7, 11) is 1.65. The van der Waals surface area contributed by atoms with Gasteiger partial charge in [-0.15, -0.1) is 0 Å². The zero-order valence-corrected chi connectivity index (χ0v) is 15.6. The average molecular weight is 369 g/mol. The van der Waals surface area contributed by atoms with Crippen LogP contribution in [-0.4, -0.2) is 37.8 Å². The Bertz CT molecular complexity index is 1040. The first-order chi connectivity index (χ1) is 13.1. The van der Waals surface area contributed by atoms with E-state index in [9.17, 15) is 4.79 Å². The third kappa shape index (κ3) is 2.95. The first-order valence-corrected chi connectivity index (χ1v) is 9.18. The van der Waals surface area contributed by atoms with Crippen molar-refractivity contribution in [3.05, 3.63) is 34.9 Å². The minimum absolute atomic E-state index is 0.0956. The summed E-state index contributed by atoms with van der Waals surface area (Å²) in [6, 6.07) is 1.87. The SMILES string of the molecule is C=Cc1nn(C2CCCCO2)c2cnc(-c3c(OCC)[nH]n(C)c3=O)cc12. The van der Waals surface area contributed by atoms with E-state index in [-0.39, 0.29) is 11.8 Å². The molecule has 1 unspecified atom stereocenters. The lowest BCUT2D eigenvalue weighted by molar-refractivity contribution is -0.0367. The summed E-state index contributed by atoms with van der Waals surface area (Å²) in [4.78, 5) is 17.1. The van der Waals surface area contributed by atoms with Gasteiger partial charge in [-0.1, -0.05) is 6.58 Å². The predicted molar refractivity (Wildman–Crippen MR) is 103 cm³/mol. The van der Waals surface area contributed by atoms with Crippen LogP contribution in [0, 0.1) is 0 Å². The van der Waals surface area contributed by atoms with Crippen LogP contribution in [0.15, 0.2) is 23.6 Å². The molecule has 1 aliphatic heterocycles. The van der Waals surface area contributed by atoms with Crippen molar-refractivity contribution in [1.82, 2.24) is 24.5 Å². The highest BCUT2D eigenvalue weighted by Crippen LogP contribution is 2.31. The number of rotatable bonds is 5. The number of H-pyrrole nitrogens is 1. The third-order valence-corrected chi connectivity index (χ3v) is 4.80. The van der Waals surface area contributed by atoms with E-state index >= 15 is 0 Å². The molecule has 1 fully saturated rings. The van der Waals surface area contributed by atoms with Gasteiger partial charge in [-0.05, 0) is 38.3 Å². The maximum atomic E-state index is 12.6. The standard InChI is InChI=1S/C19H23N5O3/c1-4-13-12-10-14(17-18(26-5-2)22-23(3)19(17)25)20-11-15(12)24(21-13)16-8-6-7-9-27-16/h4,10-11,16,22H,1,5-9H2,2-3H3. The van der Waals surface area contributed by atoms with Crippen molar-refractivity contribution in [2.45, 2.75) is 32.4 Å². The summed E-state index contributed by atoms with van der Waals surface area (Å²) in [5, 5.41) is 8.47. The molecule has 0 saturated carbocycles. The van der Waals surface area contributed by atoms with Gasteiger partial charge in [0.25, 0.3) is 5.56 Å². The second-order valence-corrected chi connectivity index (χ2v) is 6.55. The van der Waals surface area contributed by atoms with Gasteiger partial charge >= 0.3 is 0 Å². The van der Waals surface area contributed by atoms with Crippen LogP contribution in [0.3, 0.4) is 0 Å². The maximum Gasteiger partial charge on any atom is 0.279 e. The first-order valence-electron chi connectivity index (χ1n) is 9.18. The quantitative estimate of drug-likeness (QED) is 0.747. The van der Waals surface area contributed by atoms with Crippen LogP contribution in [0.4, 0.5) is 0 Å². The van der Waals surface area contributed by atoms with E-state index in [4.69, 9.17) is 9.47 Å². The number of pyridine rings is 1. The molecule has 1 atom stereocenters. The highest BCUT2D eigenvalue weighted by molar-refractivity contribution is 5.89. The molecule has 0 amide bonds. The molecule has 27 heavy (non-hydrogen) atoms. The molecule has 1 N–H and O–H groups in total. The number of nitrogens with zero attached hydrogens (tertiary/aromatic N) is 4. The second-order valence-electron chi connectivity index (χ2n) is 6.55. The normalized spacial score (nSPS) is 17.3. The van der Waals surface area contributed by atoms with Gasteiger partial charge in [0.1, 0.15) is 5.56 Å². The van der Waals surface area contributed by atoms with Crippen molar-refractivity contribution < 1.29 is 9.47 Å². The highest BCUT2D eigenvalue weighted by atomic mass is 16.5. The fourth-order valence-electron chi connectivity index (χ4n) is 3.48. The van der Waals surface area contributed by atoms with Gasteiger partial charge in [0, 0.05) is 19.0 Å². The molecule has 0 bridgehead atoms. The number of aromatic nitrogens is 5. The Morgan fingerprint density at radius 3 is 3.04 bits per heavy atom. The maximum absolute atomic E-state index is 12.6. The molecule has 0 aliphatic carbocycles. The van der Waals surface area contributed by atoms with Crippen LogP contribution in [-0.2, 0) is 11.8 Å². The number of aryl methyl sites for hydroxylation is 1. The molecule has 1 aliphatic rings. The molecular weight excluding hydrogens is 346 g/mol. The molecule has 0 aromatic carbocycles. The lowest BCUT2D eigenvalue weighted by Gasteiger charge is -2.23. The number of aromatic amines is 1. The Morgan fingerprint density at radius 2 is 2.33 bits per heavy atom. The zero-order valence-electron chi connectivity index (χ0n) is 15.6. The predicted octanol–water partition coefficient (Wildman–Crippen LogP) is 2.87. The fraction of sp³-hybridized carbons (Fsp3) is 0.421. The van der Waals surface area contributed by atoms with Crippen LogP contribution < -0.4 is 10.3 Å². The van der Waals surface area contributed by atoms with Crippen LogP contribution in [0.1, 0.15) is 38.1 Å². The lowest BCUT2D eigenvalue weighted by atomic mass is 10.1. The minimum Gasteiger partial charge on any atom is -0.478 e. The largest absolute Gasteiger partial charge is 0.478 e. The summed E-state index contributed by atoms with van der Waals surface area (Å²) >= 11 is 0. The molecular formula is C19H23N5O3. The van der Waals surface area contributed by atoms with Crippen molar-refractivity contribution in [2.75, 3.05) is 13.2 Å². The van der Waals surface area contributed by atoms with E-state index in [2.05, 4.69) is 21.8 Å².